The summed E-state index contributed by atoms with van der Waals surface area (Å²) in [6, 6.07) is 6.27. The third-order valence-electron chi connectivity index (χ3n) is 5.81. The summed E-state index contributed by atoms with van der Waals surface area (Å²) in [6.07, 6.45) is -2.57. The fourth-order valence-corrected chi connectivity index (χ4v) is 3.87. The van der Waals surface area contributed by atoms with Crippen molar-refractivity contribution >= 4 is 11.9 Å². The van der Waals surface area contributed by atoms with Crippen LogP contribution in [0.15, 0.2) is 36.4 Å². The Bertz CT molecular complexity index is 1380. The lowest BCUT2D eigenvalue weighted by Gasteiger charge is -2.34. The lowest BCUT2D eigenvalue weighted by atomic mass is 9.93. The van der Waals surface area contributed by atoms with Gasteiger partial charge in [-0.25, -0.2) is 4.79 Å². The molecule has 1 heterocycles. The second-order valence-corrected chi connectivity index (χ2v) is 8.96. The second kappa shape index (κ2) is 9.81. The molecule has 0 radical (unpaired) electrons. The first kappa shape index (κ1) is 26.1. The zero-order valence-electron chi connectivity index (χ0n) is 20.1. The molecule has 2 atom stereocenters. The Morgan fingerprint density at radius 1 is 0.842 bits per heavy atom. The molecule has 7 N–H and O–H groups in total. The Morgan fingerprint density at radius 2 is 1.45 bits per heavy atom. The predicted molar refractivity (Wildman–Crippen MR) is 128 cm³/mol. The van der Waals surface area contributed by atoms with Gasteiger partial charge < -0.3 is 50.0 Å². The van der Waals surface area contributed by atoms with Gasteiger partial charge in [-0.1, -0.05) is 13.8 Å². The summed E-state index contributed by atoms with van der Waals surface area (Å²) >= 11 is 0. The standard InChI is InChI=1S/C26H24O12/c1-10(2)25(34)38-24-18(31)5-12(6-19(24)32)26(35)37-21-9-14-15(28)7-13(27)8-20(14)36-23(21)11-3-16(29)22(33)17(30)4-11/h3-8,10,21,23,27-33H,9H2,1-2H3/t21-,23-/m1/s1. The van der Waals surface area contributed by atoms with Crippen molar-refractivity contribution in [3.63, 3.8) is 0 Å². The van der Waals surface area contributed by atoms with E-state index in [9.17, 15) is 45.3 Å². The summed E-state index contributed by atoms with van der Waals surface area (Å²) in [7, 11) is 0. The van der Waals surface area contributed by atoms with Crippen molar-refractivity contribution in [2.45, 2.75) is 32.5 Å². The van der Waals surface area contributed by atoms with E-state index in [1.54, 1.807) is 13.8 Å². The van der Waals surface area contributed by atoms with Crippen molar-refractivity contribution in [3.05, 3.63) is 53.1 Å². The average Bonchev–Trinajstić information content (AvgIpc) is 2.84. The smallest absolute Gasteiger partial charge is 0.338 e. The Labute approximate surface area is 215 Å². The van der Waals surface area contributed by atoms with Gasteiger partial charge in [-0.3, -0.25) is 4.79 Å². The van der Waals surface area contributed by atoms with Crippen LogP contribution in [-0.2, 0) is 16.0 Å². The Kier molecular flexibility index (Phi) is 6.73. The number of hydrogen-bond donors (Lipinski definition) is 7. The number of carbonyl (C=O) groups excluding carboxylic acids is 2. The lowest BCUT2D eigenvalue weighted by molar-refractivity contribution is -0.138. The molecular formula is C26H24O12. The third kappa shape index (κ3) is 4.96. The fourth-order valence-electron chi connectivity index (χ4n) is 3.87. The lowest BCUT2D eigenvalue weighted by Crippen LogP contribution is -2.34. The molecule has 0 aliphatic carbocycles. The highest BCUT2D eigenvalue weighted by Crippen LogP contribution is 2.46. The van der Waals surface area contributed by atoms with Gasteiger partial charge in [0.1, 0.15) is 23.4 Å². The van der Waals surface area contributed by atoms with Crippen LogP contribution in [0.3, 0.4) is 0 Å². The number of benzene rings is 3. The number of fused-ring (bicyclic) bond motifs is 1. The van der Waals surface area contributed by atoms with Crippen LogP contribution in [0, 0.1) is 5.92 Å². The van der Waals surface area contributed by atoms with Crippen molar-refractivity contribution in [2.75, 3.05) is 0 Å². The summed E-state index contributed by atoms with van der Waals surface area (Å²) in [5.41, 5.74) is -0.0587. The molecule has 0 aromatic heterocycles. The van der Waals surface area contributed by atoms with Gasteiger partial charge >= 0.3 is 11.9 Å². The van der Waals surface area contributed by atoms with Crippen LogP contribution in [0.25, 0.3) is 0 Å². The molecule has 4 rings (SSSR count). The van der Waals surface area contributed by atoms with E-state index in [0.29, 0.717) is 0 Å². The van der Waals surface area contributed by atoms with E-state index >= 15 is 0 Å². The number of ether oxygens (including phenoxy) is 3. The molecular weight excluding hydrogens is 504 g/mol. The van der Waals surface area contributed by atoms with Crippen LogP contribution in [0.5, 0.6) is 51.7 Å². The van der Waals surface area contributed by atoms with Crippen LogP contribution >= 0.6 is 0 Å². The number of hydrogen-bond acceptors (Lipinski definition) is 12. The average molecular weight is 528 g/mol. The Morgan fingerprint density at radius 3 is 2.03 bits per heavy atom. The monoisotopic (exact) mass is 528 g/mol. The SMILES string of the molecule is CC(C)C(=O)Oc1c(O)cc(C(=O)O[C@@H]2Cc3c(O)cc(O)cc3O[C@@H]2c2cc(O)c(O)c(O)c2)cc1O. The van der Waals surface area contributed by atoms with Crippen molar-refractivity contribution in [1.82, 2.24) is 0 Å². The maximum Gasteiger partial charge on any atom is 0.338 e. The number of phenolic OH excluding ortho intramolecular Hbond substituents is 7. The molecule has 0 saturated carbocycles. The molecule has 200 valence electrons. The molecule has 0 saturated heterocycles. The molecule has 0 spiro atoms. The minimum Gasteiger partial charge on any atom is -0.508 e. The number of rotatable bonds is 5. The molecule has 0 bridgehead atoms. The Balaban J connectivity index is 1.69. The normalized spacial score (nSPS) is 16.4. The van der Waals surface area contributed by atoms with Crippen molar-refractivity contribution in [1.29, 1.82) is 0 Å². The maximum atomic E-state index is 13.0. The van der Waals surface area contributed by atoms with Crippen LogP contribution in [-0.4, -0.2) is 53.8 Å². The predicted octanol–water partition coefficient (Wildman–Crippen LogP) is 3.09. The molecule has 1 aliphatic heterocycles. The quantitative estimate of drug-likeness (QED) is 0.145. The zero-order chi connectivity index (χ0) is 27.9. The van der Waals surface area contributed by atoms with Crippen LogP contribution < -0.4 is 9.47 Å². The van der Waals surface area contributed by atoms with Crippen LogP contribution in [0.1, 0.15) is 41.4 Å². The van der Waals surface area contributed by atoms with Gasteiger partial charge in [0.05, 0.1) is 11.5 Å². The summed E-state index contributed by atoms with van der Waals surface area (Å²) in [5, 5.41) is 70.3. The van der Waals surface area contributed by atoms with E-state index < -0.39 is 64.6 Å². The van der Waals surface area contributed by atoms with Gasteiger partial charge in [-0.2, -0.15) is 0 Å². The topological polar surface area (TPSA) is 203 Å². The van der Waals surface area contributed by atoms with E-state index in [0.717, 1.165) is 30.3 Å². The highest BCUT2D eigenvalue weighted by molar-refractivity contribution is 5.91. The summed E-state index contributed by atoms with van der Waals surface area (Å²) in [4.78, 5) is 24.9. The Hall–Kier alpha value is -5.00. The summed E-state index contributed by atoms with van der Waals surface area (Å²) in [6.45, 7) is 3.10. The molecule has 1 aliphatic rings. The first-order valence-electron chi connectivity index (χ1n) is 11.3. The number of phenols is 7. The van der Waals surface area contributed by atoms with E-state index in [4.69, 9.17) is 14.2 Å². The molecule has 0 fully saturated rings. The number of esters is 2. The number of carbonyl (C=O) groups is 2. The van der Waals surface area contributed by atoms with E-state index in [2.05, 4.69) is 0 Å². The highest BCUT2D eigenvalue weighted by Gasteiger charge is 2.37. The summed E-state index contributed by atoms with van der Waals surface area (Å²) in [5.74, 6) is -7.02. The fraction of sp³-hybridized carbons (Fsp3) is 0.231. The summed E-state index contributed by atoms with van der Waals surface area (Å²) < 4.78 is 16.4. The first-order valence-corrected chi connectivity index (χ1v) is 11.3. The molecule has 12 nitrogen and oxygen atoms in total. The molecule has 12 heteroatoms. The molecule has 3 aromatic rings. The van der Waals surface area contributed by atoms with Crippen LogP contribution in [0.4, 0.5) is 0 Å². The van der Waals surface area contributed by atoms with Gasteiger partial charge in [-0.05, 0) is 24.3 Å². The van der Waals surface area contributed by atoms with Gasteiger partial charge in [0, 0.05) is 29.7 Å². The first-order chi connectivity index (χ1) is 17.8. The van der Waals surface area contributed by atoms with Gasteiger partial charge in [0.25, 0.3) is 0 Å². The molecule has 38 heavy (non-hydrogen) atoms. The second-order valence-electron chi connectivity index (χ2n) is 8.96. The van der Waals surface area contributed by atoms with Gasteiger partial charge in [0.15, 0.2) is 34.9 Å². The van der Waals surface area contributed by atoms with Crippen molar-refractivity contribution in [2.24, 2.45) is 5.92 Å². The molecule has 3 aromatic carbocycles. The van der Waals surface area contributed by atoms with Crippen molar-refractivity contribution in [3.8, 4) is 51.7 Å². The highest BCUT2D eigenvalue weighted by atomic mass is 16.6. The van der Waals surface area contributed by atoms with E-state index in [1.165, 1.54) is 6.07 Å². The van der Waals surface area contributed by atoms with Crippen LogP contribution in [0.2, 0.25) is 0 Å². The maximum absolute atomic E-state index is 13.0. The van der Waals surface area contributed by atoms with Gasteiger partial charge in [-0.15, -0.1) is 0 Å². The molecule has 0 unspecified atom stereocenters. The zero-order valence-corrected chi connectivity index (χ0v) is 20.1. The largest absolute Gasteiger partial charge is 0.508 e. The number of aromatic hydroxyl groups is 7. The third-order valence-corrected chi connectivity index (χ3v) is 5.81. The molecule has 0 amide bonds. The van der Waals surface area contributed by atoms with E-state index in [1.807, 2.05) is 0 Å². The minimum absolute atomic E-state index is 0.0402. The van der Waals surface area contributed by atoms with Gasteiger partial charge in [0.2, 0.25) is 5.75 Å². The van der Waals surface area contributed by atoms with E-state index in [-0.39, 0.29) is 40.4 Å². The van der Waals surface area contributed by atoms with Crippen molar-refractivity contribution < 1.29 is 59.5 Å². The minimum atomic E-state index is -1.21.